The third kappa shape index (κ3) is 4.97. The van der Waals surface area contributed by atoms with E-state index in [1.54, 1.807) is 6.20 Å². The molecule has 282 valence electrons. The largest absolute Gasteiger partial charge is 0.264 e. The topological polar surface area (TPSA) is 51.6 Å². The van der Waals surface area contributed by atoms with Crippen molar-refractivity contribution in [1.29, 1.82) is 0 Å². The molecule has 0 radical (unpaired) electrons. The zero-order valence-corrected chi connectivity index (χ0v) is 33.3. The minimum atomic E-state index is -0.599. The van der Waals surface area contributed by atoms with Crippen molar-refractivity contribution in [3.05, 3.63) is 227 Å². The fourth-order valence-corrected chi connectivity index (χ4v) is 10.2. The van der Waals surface area contributed by atoms with Gasteiger partial charge in [-0.15, -0.1) is 0 Å². The van der Waals surface area contributed by atoms with Crippen molar-refractivity contribution in [2.45, 2.75) is 24.7 Å². The normalized spacial score (nSPS) is 16.0. The molecule has 6 aromatic carbocycles. The van der Waals surface area contributed by atoms with Gasteiger partial charge < -0.3 is 0 Å². The van der Waals surface area contributed by atoms with E-state index in [9.17, 15) is 0 Å². The van der Waals surface area contributed by atoms with E-state index in [0.717, 1.165) is 39.3 Å². The predicted octanol–water partition coefficient (Wildman–Crippen LogP) is 13.1. The van der Waals surface area contributed by atoms with E-state index < -0.39 is 5.41 Å². The van der Waals surface area contributed by atoms with E-state index >= 15 is 0 Å². The fraction of sp³-hybridized carbons (Fsp3) is 0.0714. The highest BCUT2D eigenvalue weighted by molar-refractivity contribution is 5.95. The number of fused-ring (bicyclic) bond motifs is 12. The van der Waals surface area contributed by atoms with Crippen LogP contribution in [0.5, 0.6) is 0 Å². The molecule has 4 heteroatoms. The quantitative estimate of drug-likeness (QED) is 0.179. The second-order valence-corrected chi connectivity index (χ2v) is 16.6. The minimum absolute atomic E-state index is 0.116. The highest BCUT2D eigenvalue weighted by atomic mass is 14.9. The molecule has 3 aliphatic rings. The lowest BCUT2D eigenvalue weighted by Crippen LogP contribution is -2.30. The third-order valence-corrected chi connectivity index (χ3v) is 13.1. The first kappa shape index (κ1) is 34.5. The second-order valence-electron chi connectivity index (χ2n) is 16.6. The van der Waals surface area contributed by atoms with Crippen LogP contribution >= 0.6 is 0 Å². The Labute approximate surface area is 349 Å². The molecular formula is C56H38N4. The van der Waals surface area contributed by atoms with Crippen molar-refractivity contribution in [2.24, 2.45) is 0 Å². The Morgan fingerprint density at radius 2 is 1.00 bits per heavy atom. The van der Waals surface area contributed by atoms with Gasteiger partial charge in [-0.25, -0.2) is 9.97 Å². The SMILES string of the molecule is CC1(C)c2ccccc2-c2cc3c(cc21)-c1ccccc1C31c2ccccc2C=Cc2ccc(-c3cc(-c4ccc(-c5cccnc5)nc4)nc(-c4ccccc4)n3)cc21. The molecule has 0 bridgehead atoms. The highest BCUT2D eigenvalue weighted by Crippen LogP contribution is 2.62. The molecule has 0 saturated carbocycles. The summed E-state index contributed by atoms with van der Waals surface area (Å²) in [6.07, 6.45) is 10.1. The van der Waals surface area contributed by atoms with Crippen LogP contribution in [0, 0.1) is 0 Å². The summed E-state index contributed by atoms with van der Waals surface area (Å²) in [7, 11) is 0. The lowest BCUT2D eigenvalue weighted by Gasteiger charge is -2.36. The maximum atomic E-state index is 5.32. The average molecular weight is 767 g/mol. The molecule has 60 heavy (non-hydrogen) atoms. The fourth-order valence-electron chi connectivity index (χ4n) is 10.2. The molecule has 3 heterocycles. The van der Waals surface area contributed by atoms with Crippen LogP contribution in [-0.4, -0.2) is 19.9 Å². The number of benzene rings is 6. The van der Waals surface area contributed by atoms with Crippen molar-refractivity contribution in [1.82, 2.24) is 19.9 Å². The molecule has 0 N–H and O–H groups in total. The maximum Gasteiger partial charge on any atom is 0.160 e. The first-order chi connectivity index (χ1) is 29.5. The Kier molecular flexibility index (Phi) is 7.45. The van der Waals surface area contributed by atoms with Crippen LogP contribution < -0.4 is 0 Å². The highest BCUT2D eigenvalue weighted by Gasteiger charge is 2.50. The number of pyridine rings is 2. The second kappa shape index (κ2) is 13.0. The van der Waals surface area contributed by atoms with Crippen LogP contribution in [-0.2, 0) is 10.8 Å². The van der Waals surface area contributed by atoms with Gasteiger partial charge in [-0.1, -0.05) is 141 Å². The standard InChI is InChI=1S/C56H38N4/c1-55(2)46-20-10-7-17-41(46)43-31-50-44(30-49(43)55)42-18-8-11-21-47(42)56(50)45-19-9-6-13-35(45)22-23-36-24-25-38(29-48(36)56)52-32-53(60-54(59-52)37-14-4-3-5-15-37)40-26-27-51(58-34-40)39-16-12-28-57-33-39/h3-34H,1-2H3. The molecule has 1 atom stereocenters. The van der Waals surface area contributed by atoms with E-state index in [1.807, 2.05) is 48.8 Å². The lowest BCUT2D eigenvalue weighted by atomic mass is 9.65. The van der Waals surface area contributed by atoms with Gasteiger partial charge in [0, 0.05) is 46.3 Å². The van der Waals surface area contributed by atoms with Gasteiger partial charge in [0.15, 0.2) is 5.82 Å². The van der Waals surface area contributed by atoms with Gasteiger partial charge in [-0.05, 0) is 115 Å². The summed E-state index contributed by atoms with van der Waals surface area (Å²) in [5.74, 6) is 0.669. The van der Waals surface area contributed by atoms with E-state index in [2.05, 4.69) is 158 Å². The van der Waals surface area contributed by atoms with Crippen molar-refractivity contribution in [3.8, 4) is 67.4 Å². The van der Waals surface area contributed by atoms with Crippen LogP contribution in [0.2, 0.25) is 0 Å². The first-order valence-electron chi connectivity index (χ1n) is 20.6. The van der Waals surface area contributed by atoms with Gasteiger partial charge in [0.2, 0.25) is 0 Å². The monoisotopic (exact) mass is 766 g/mol. The number of nitrogens with zero attached hydrogens (tertiary/aromatic N) is 4. The van der Waals surface area contributed by atoms with Gasteiger partial charge in [0.1, 0.15) is 0 Å². The van der Waals surface area contributed by atoms with Crippen LogP contribution in [0.3, 0.4) is 0 Å². The Hall–Kier alpha value is -7.56. The zero-order chi connectivity index (χ0) is 40.0. The molecule has 0 fully saturated rings. The van der Waals surface area contributed by atoms with Crippen molar-refractivity contribution >= 4 is 12.2 Å². The van der Waals surface area contributed by atoms with E-state index in [-0.39, 0.29) is 5.41 Å². The number of hydrogen-bond donors (Lipinski definition) is 0. The van der Waals surface area contributed by atoms with Crippen LogP contribution in [0.15, 0.2) is 182 Å². The summed E-state index contributed by atoms with van der Waals surface area (Å²) in [4.78, 5) is 19.6. The van der Waals surface area contributed by atoms with Crippen molar-refractivity contribution in [3.63, 3.8) is 0 Å². The van der Waals surface area contributed by atoms with E-state index in [0.29, 0.717) is 5.82 Å². The van der Waals surface area contributed by atoms with Crippen molar-refractivity contribution in [2.75, 3.05) is 0 Å². The molecule has 3 aromatic heterocycles. The van der Waals surface area contributed by atoms with Crippen LogP contribution in [0.4, 0.5) is 0 Å². The molecule has 1 unspecified atom stereocenters. The molecule has 0 amide bonds. The van der Waals surface area contributed by atoms with Crippen molar-refractivity contribution < 1.29 is 0 Å². The first-order valence-corrected chi connectivity index (χ1v) is 20.6. The van der Waals surface area contributed by atoms with Gasteiger partial charge in [-0.2, -0.15) is 0 Å². The number of rotatable bonds is 4. The van der Waals surface area contributed by atoms with Gasteiger partial charge in [0.25, 0.3) is 0 Å². The van der Waals surface area contributed by atoms with Crippen LogP contribution in [0.1, 0.15) is 58.4 Å². The maximum absolute atomic E-state index is 5.32. The van der Waals surface area contributed by atoms with E-state index in [4.69, 9.17) is 15.0 Å². The molecule has 12 rings (SSSR count). The van der Waals surface area contributed by atoms with Gasteiger partial charge >= 0.3 is 0 Å². The molecule has 9 aromatic rings. The minimum Gasteiger partial charge on any atom is -0.264 e. The Morgan fingerprint density at radius 1 is 0.383 bits per heavy atom. The summed E-state index contributed by atoms with van der Waals surface area (Å²) in [6, 6.07) is 59.4. The molecule has 1 spiro atoms. The number of aromatic nitrogens is 4. The summed E-state index contributed by atoms with van der Waals surface area (Å²) in [6.45, 7) is 4.75. The zero-order valence-electron chi connectivity index (χ0n) is 33.3. The third-order valence-electron chi connectivity index (χ3n) is 13.1. The molecule has 3 aliphatic carbocycles. The predicted molar refractivity (Wildman–Crippen MR) is 243 cm³/mol. The average Bonchev–Trinajstić information content (AvgIpc) is 3.66. The summed E-state index contributed by atoms with van der Waals surface area (Å²) in [5, 5.41) is 0. The molecule has 0 saturated heterocycles. The molecule has 0 aliphatic heterocycles. The Bertz CT molecular complexity index is 3220. The van der Waals surface area contributed by atoms with Gasteiger partial charge in [0.05, 0.1) is 22.5 Å². The molecule has 4 nitrogen and oxygen atoms in total. The smallest absolute Gasteiger partial charge is 0.160 e. The summed E-state index contributed by atoms with van der Waals surface area (Å²) in [5.41, 5.74) is 21.2. The Morgan fingerprint density at radius 3 is 1.77 bits per heavy atom. The summed E-state index contributed by atoms with van der Waals surface area (Å²) >= 11 is 0. The lowest BCUT2D eigenvalue weighted by molar-refractivity contribution is 0.660. The van der Waals surface area contributed by atoms with Gasteiger partial charge in [-0.3, -0.25) is 9.97 Å². The summed E-state index contributed by atoms with van der Waals surface area (Å²) < 4.78 is 0. The number of hydrogen-bond acceptors (Lipinski definition) is 4. The van der Waals surface area contributed by atoms with Crippen LogP contribution in [0.25, 0.3) is 79.6 Å². The van der Waals surface area contributed by atoms with E-state index in [1.165, 1.54) is 66.8 Å². The Balaban J connectivity index is 1.11. The molecular weight excluding hydrogens is 729 g/mol.